The van der Waals surface area contributed by atoms with Crippen LogP contribution in [0.2, 0.25) is 0 Å². The van der Waals surface area contributed by atoms with Crippen LogP contribution < -0.4 is 10.9 Å². The molecule has 2 N–H and O–H groups in total. The van der Waals surface area contributed by atoms with Gasteiger partial charge in [-0.2, -0.15) is 9.50 Å². The Hall–Kier alpha value is -3.48. The second-order valence-corrected chi connectivity index (χ2v) is 6.40. The highest BCUT2D eigenvalue weighted by molar-refractivity contribution is 5.57. The van der Waals surface area contributed by atoms with Gasteiger partial charge in [0.25, 0.3) is 11.3 Å². The predicted octanol–water partition coefficient (Wildman–Crippen LogP) is 3.45. The van der Waals surface area contributed by atoms with Gasteiger partial charge >= 0.3 is 0 Å². The first-order valence-electron chi connectivity index (χ1n) is 8.56. The van der Waals surface area contributed by atoms with Crippen LogP contribution in [0, 0.1) is 19.7 Å². The number of fused-ring (bicyclic) bond motifs is 1. The maximum absolute atomic E-state index is 13.1. The first-order chi connectivity index (χ1) is 13.0. The van der Waals surface area contributed by atoms with E-state index >= 15 is 0 Å². The third-order valence-corrected chi connectivity index (χ3v) is 4.57. The summed E-state index contributed by atoms with van der Waals surface area (Å²) < 4.78 is 14.4. The molecule has 0 aliphatic rings. The number of nitrogens with zero attached hydrogens (tertiary/aromatic N) is 3. The Morgan fingerprint density at radius 2 is 1.89 bits per heavy atom. The summed E-state index contributed by atoms with van der Waals surface area (Å²) in [7, 11) is 0. The van der Waals surface area contributed by atoms with Crippen molar-refractivity contribution in [1.29, 1.82) is 0 Å². The monoisotopic (exact) mass is 363 g/mol. The third kappa shape index (κ3) is 3.31. The lowest BCUT2D eigenvalue weighted by Gasteiger charge is -2.10. The molecule has 0 saturated heterocycles. The van der Waals surface area contributed by atoms with Crippen LogP contribution >= 0.6 is 0 Å². The van der Waals surface area contributed by atoms with Gasteiger partial charge in [-0.3, -0.25) is 9.89 Å². The first kappa shape index (κ1) is 17.0. The molecule has 0 fully saturated rings. The van der Waals surface area contributed by atoms with Crippen LogP contribution in [-0.2, 0) is 6.54 Å². The number of aryl methyl sites for hydroxylation is 1. The van der Waals surface area contributed by atoms with E-state index in [2.05, 4.69) is 33.4 Å². The van der Waals surface area contributed by atoms with Crippen molar-refractivity contribution in [3.8, 4) is 11.4 Å². The van der Waals surface area contributed by atoms with Gasteiger partial charge in [-0.05, 0) is 55.3 Å². The topological polar surface area (TPSA) is 75.1 Å². The summed E-state index contributed by atoms with van der Waals surface area (Å²) in [5, 5.41) is 6.22. The highest BCUT2D eigenvalue weighted by Crippen LogP contribution is 2.19. The molecular weight excluding hydrogens is 345 g/mol. The summed E-state index contributed by atoms with van der Waals surface area (Å²) in [6, 6.07) is 13.4. The normalized spacial score (nSPS) is 11.1. The number of anilines is 1. The molecule has 2 aromatic heterocycles. The summed E-state index contributed by atoms with van der Waals surface area (Å²) in [4.78, 5) is 21.2. The van der Waals surface area contributed by atoms with E-state index in [1.165, 1.54) is 28.3 Å². The Kier molecular flexibility index (Phi) is 4.19. The Bertz CT molecular complexity index is 1180. The SMILES string of the molecule is Cc1cccc(NCc2cc(=O)n3[nH]c(-c4ccc(F)cc4)nc3n2)c1C. The Labute approximate surface area is 154 Å². The van der Waals surface area contributed by atoms with Gasteiger partial charge in [-0.1, -0.05) is 12.1 Å². The molecule has 0 aliphatic carbocycles. The zero-order chi connectivity index (χ0) is 19.0. The summed E-state index contributed by atoms with van der Waals surface area (Å²) in [6.07, 6.45) is 0. The average Bonchev–Trinajstić information content (AvgIpc) is 3.08. The molecule has 0 aliphatic heterocycles. The fourth-order valence-corrected chi connectivity index (χ4v) is 2.88. The molecule has 0 bridgehead atoms. The van der Waals surface area contributed by atoms with Crippen LogP contribution in [0.25, 0.3) is 17.2 Å². The van der Waals surface area contributed by atoms with E-state index in [4.69, 9.17) is 0 Å². The number of halogens is 1. The second-order valence-electron chi connectivity index (χ2n) is 6.40. The lowest BCUT2D eigenvalue weighted by atomic mass is 10.1. The van der Waals surface area contributed by atoms with E-state index in [1.54, 1.807) is 12.1 Å². The van der Waals surface area contributed by atoms with E-state index in [9.17, 15) is 9.18 Å². The summed E-state index contributed by atoms with van der Waals surface area (Å²) >= 11 is 0. The van der Waals surface area contributed by atoms with Gasteiger partial charge in [0.1, 0.15) is 5.82 Å². The van der Waals surface area contributed by atoms with E-state index in [-0.39, 0.29) is 17.2 Å². The van der Waals surface area contributed by atoms with Crippen molar-refractivity contribution in [3.05, 3.63) is 81.5 Å². The molecule has 0 radical (unpaired) electrons. The molecule has 2 heterocycles. The third-order valence-electron chi connectivity index (χ3n) is 4.57. The van der Waals surface area contributed by atoms with Gasteiger partial charge in [0.2, 0.25) is 0 Å². The number of rotatable bonds is 4. The molecule has 7 heteroatoms. The molecule has 2 aromatic carbocycles. The number of aromatic nitrogens is 4. The number of nitrogens with one attached hydrogen (secondary N) is 2. The molecule has 0 atom stereocenters. The lowest BCUT2D eigenvalue weighted by Crippen LogP contribution is -2.17. The molecule has 0 unspecified atom stereocenters. The van der Waals surface area contributed by atoms with Gasteiger partial charge in [0.15, 0.2) is 5.82 Å². The van der Waals surface area contributed by atoms with Gasteiger partial charge < -0.3 is 5.32 Å². The number of hydrogen-bond acceptors (Lipinski definition) is 4. The fraction of sp³-hybridized carbons (Fsp3) is 0.150. The van der Waals surface area contributed by atoms with Crippen LogP contribution in [0.3, 0.4) is 0 Å². The largest absolute Gasteiger partial charge is 0.379 e. The van der Waals surface area contributed by atoms with Crippen molar-refractivity contribution in [2.75, 3.05) is 5.32 Å². The first-order valence-corrected chi connectivity index (χ1v) is 8.56. The van der Waals surface area contributed by atoms with Crippen LogP contribution in [0.15, 0.2) is 53.3 Å². The standard InChI is InChI=1S/C20H18FN5O/c1-12-4-3-5-17(13(12)2)22-11-16-10-18(27)26-20(23-16)24-19(25-26)14-6-8-15(21)9-7-14/h3-10,22H,11H2,1-2H3,(H,23,24,25). The zero-order valence-corrected chi connectivity index (χ0v) is 15.0. The maximum Gasteiger partial charge on any atom is 0.274 e. The summed E-state index contributed by atoms with van der Waals surface area (Å²) in [5.74, 6) is 0.406. The Balaban J connectivity index is 1.64. The molecule has 0 saturated carbocycles. The molecular formula is C20H18FN5O. The number of benzene rings is 2. The Morgan fingerprint density at radius 3 is 2.67 bits per heavy atom. The highest BCUT2D eigenvalue weighted by Gasteiger charge is 2.10. The number of H-pyrrole nitrogens is 1. The summed E-state index contributed by atoms with van der Waals surface area (Å²) in [5.41, 5.74) is 4.38. The van der Waals surface area contributed by atoms with Crippen LogP contribution in [0.5, 0.6) is 0 Å². The van der Waals surface area contributed by atoms with E-state index in [1.807, 2.05) is 19.1 Å². The molecule has 6 nitrogen and oxygen atoms in total. The molecule has 0 spiro atoms. The van der Waals surface area contributed by atoms with Gasteiger partial charge in [-0.15, -0.1) is 0 Å². The average molecular weight is 363 g/mol. The lowest BCUT2D eigenvalue weighted by molar-refractivity contribution is 0.628. The molecule has 4 aromatic rings. The van der Waals surface area contributed by atoms with E-state index in [0.29, 0.717) is 23.6 Å². The fourth-order valence-electron chi connectivity index (χ4n) is 2.88. The van der Waals surface area contributed by atoms with Crippen molar-refractivity contribution in [1.82, 2.24) is 19.6 Å². The minimum absolute atomic E-state index is 0.251. The number of hydrogen-bond donors (Lipinski definition) is 2. The van der Waals surface area contributed by atoms with Gasteiger partial charge in [-0.25, -0.2) is 9.37 Å². The smallest absolute Gasteiger partial charge is 0.274 e. The van der Waals surface area contributed by atoms with E-state index < -0.39 is 0 Å². The van der Waals surface area contributed by atoms with Gasteiger partial charge in [0, 0.05) is 17.3 Å². The van der Waals surface area contributed by atoms with E-state index in [0.717, 1.165) is 11.3 Å². The molecule has 0 amide bonds. The molecule has 27 heavy (non-hydrogen) atoms. The second kappa shape index (κ2) is 6.68. The minimum Gasteiger partial charge on any atom is -0.379 e. The minimum atomic E-state index is -0.329. The molecule has 4 rings (SSSR count). The number of aromatic amines is 1. The van der Waals surface area contributed by atoms with Crippen molar-refractivity contribution in [2.24, 2.45) is 0 Å². The van der Waals surface area contributed by atoms with Gasteiger partial charge in [0.05, 0.1) is 12.2 Å². The predicted molar refractivity (Wildman–Crippen MR) is 102 cm³/mol. The van der Waals surface area contributed by atoms with Crippen molar-refractivity contribution < 1.29 is 4.39 Å². The molecule has 136 valence electrons. The van der Waals surface area contributed by atoms with Crippen LogP contribution in [-0.4, -0.2) is 19.6 Å². The highest BCUT2D eigenvalue weighted by atomic mass is 19.1. The van der Waals surface area contributed by atoms with Crippen LogP contribution in [0.4, 0.5) is 10.1 Å². The van der Waals surface area contributed by atoms with Crippen molar-refractivity contribution in [2.45, 2.75) is 20.4 Å². The summed E-state index contributed by atoms with van der Waals surface area (Å²) in [6.45, 7) is 4.51. The maximum atomic E-state index is 13.1. The van der Waals surface area contributed by atoms with Crippen LogP contribution in [0.1, 0.15) is 16.8 Å². The van der Waals surface area contributed by atoms with Crippen molar-refractivity contribution >= 4 is 11.5 Å². The van der Waals surface area contributed by atoms with Crippen molar-refractivity contribution in [3.63, 3.8) is 0 Å². The zero-order valence-electron chi connectivity index (χ0n) is 15.0. The quantitative estimate of drug-likeness (QED) is 0.582. The Morgan fingerprint density at radius 1 is 1.11 bits per heavy atom.